The average molecular weight is 170 g/mol. The Bertz CT molecular complexity index is 154. The van der Waals surface area contributed by atoms with E-state index in [1.165, 1.54) is 12.8 Å². The molecule has 1 aliphatic carbocycles. The third-order valence-electron chi connectivity index (χ3n) is 3.44. The van der Waals surface area contributed by atoms with Crippen molar-refractivity contribution >= 4 is 0 Å². The molecule has 2 atom stereocenters. The molecule has 2 nitrogen and oxygen atoms in total. The molecular formula is C10H22N2. The number of nitrogens with two attached hydrogens (primary N) is 1. The minimum atomic E-state index is 0.106. The van der Waals surface area contributed by atoms with Crippen LogP contribution in [0, 0.1) is 5.92 Å². The van der Waals surface area contributed by atoms with Crippen molar-refractivity contribution in [2.24, 2.45) is 11.7 Å². The summed E-state index contributed by atoms with van der Waals surface area (Å²) in [6.07, 6.45) is 3.62. The Morgan fingerprint density at radius 1 is 1.42 bits per heavy atom. The maximum Gasteiger partial charge on any atom is 0.0193 e. The SMILES string of the molecule is CC(C)C1(N)CCC(N(C)C)C1. The Hall–Kier alpha value is -0.0800. The van der Waals surface area contributed by atoms with Crippen LogP contribution < -0.4 is 5.73 Å². The Morgan fingerprint density at radius 3 is 2.25 bits per heavy atom. The molecule has 0 aromatic rings. The quantitative estimate of drug-likeness (QED) is 0.679. The number of hydrogen-bond donors (Lipinski definition) is 1. The highest BCUT2D eigenvalue weighted by Gasteiger charge is 2.38. The first-order chi connectivity index (χ1) is 5.46. The Balaban J connectivity index is 2.55. The second-order valence-corrected chi connectivity index (χ2v) is 4.75. The standard InChI is InChI=1S/C10H22N2/c1-8(2)10(11)6-5-9(7-10)12(3)4/h8-9H,5-7,11H2,1-4H3. The van der Waals surface area contributed by atoms with Gasteiger partial charge in [0, 0.05) is 11.6 Å². The largest absolute Gasteiger partial charge is 0.325 e. The van der Waals surface area contributed by atoms with E-state index in [1.54, 1.807) is 0 Å². The summed E-state index contributed by atoms with van der Waals surface area (Å²) in [5, 5.41) is 0. The molecule has 1 aliphatic rings. The summed E-state index contributed by atoms with van der Waals surface area (Å²) in [5.41, 5.74) is 6.41. The van der Waals surface area contributed by atoms with Crippen molar-refractivity contribution < 1.29 is 0 Å². The zero-order valence-electron chi connectivity index (χ0n) is 8.80. The number of hydrogen-bond acceptors (Lipinski definition) is 2. The molecule has 1 saturated carbocycles. The van der Waals surface area contributed by atoms with E-state index >= 15 is 0 Å². The molecular weight excluding hydrogens is 148 g/mol. The van der Waals surface area contributed by atoms with Crippen LogP contribution in [0.5, 0.6) is 0 Å². The van der Waals surface area contributed by atoms with Crippen LogP contribution in [0.3, 0.4) is 0 Å². The van der Waals surface area contributed by atoms with Crippen molar-refractivity contribution in [3.63, 3.8) is 0 Å². The molecule has 0 spiro atoms. The molecule has 0 aromatic heterocycles. The third-order valence-corrected chi connectivity index (χ3v) is 3.44. The van der Waals surface area contributed by atoms with Gasteiger partial charge < -0.3 is 10.6 Å². The van der Waals surface area contributed by atoms with Crippen LogP contribution in [0.1, 0.15) is 33.1 Å². The van der Waals surface area contributed by atoms with Crippen LogP contribution in [0.15, 0.2) is 0 Å². The monoisotopic (exact) mass is 170 g/mol. The predicted molar refractivity (Wildman–Crippen MR) is 53.1 cm³/mol. The molecule has 2 unspecified atom stereocenters. The minimum absolute atomic E-state index is 0.106. The van der Waals surface area contributed by atoms with Gasteiger partial charge in [-0.25, -0.2) is 0 Å². The lowest BCUT2D eigenvalue weighted by Crippen LogP contribution is -2.43. The molecule has 0 amide bonds. The summed E-state index contributed by atoms with van der Waals surface area (Å²) in [6.45, 7) is 4.47. The first-order valence-electron chi connectivity index (χ1n) is 4.91. The van der Waals surface area contributed by atoms with E-state index < -0.39 is 0 Å². The van der Waals surface area contributed by atoms with Gasteiger partial charge >= 0.3 is 0 Å². The van der Waals surface area contributed by atoms with Crippen LogP contribution in [0.2, 0.25) is 0 Å². The maximum atomic E-state index is 6.30. The van der Waals surface area contributed by atoms with Crippen LogP contribution in [0.4, 0.5) is 0 Å². The van der Waals surface area contributed by atoms with Gasteiger partial charge in [0.25, 0.3) is 0 Å². The van der Waals surface area contributed by atoms with Crippen LogP contribution in [-0.4, -0.2) is 30.6 Å². The van der Waals surface area contributed by atoms with Crippen LogP contribution in [-0.2, 0) is 0 Å². The molecule has 1 rings (SSSR count). The van der Waals surface area contributed by atoms with E-state index in [1.807, 2.05) is 0 Å². The van der Waals surface area contributed by atoms with E-state index in [0.29, 0.717) is 12.0 Å². The number of rotatable bonds is 2. The summed E-state index contributed by atoms with van der Waals surface area (Å²) < 4.78 is 0. The molecule has 0 heterocycles. The van der Waals surface area contributed by atoms with Crippen LogP contribution >= 0.6 is 0 Å². The normalized spacial score (nSPS) is 36.8. The lowest BCUT2D eigenvalue weighted by molar-refractivity contribution is 0.257. The number of nitrogens with zero attached hydrogens (tertiary/aromatic N) is 1. The fraction of sp³-hybridized carbons (Fsp3) is 1.00. The average Bonchev–Trinajstić information content (AvgIpc) is 2.33. The molecule has 2 N–H and O–H groups in total. The van der Waals surface area contributed by atoms with Gasteiger partial charge in [0.1, 0.15) is 0 Å². The van der Waals surface area contributed by atoms with Crippen molar-refractivity contribution in [1.82, 2.24) is 4.90 Å². The highest BCUT2D eigenvalue weighted by Crippen LogP contribution is 2.35. The summed E-state index contributed by atoms with van der Waals surface area (Å²) >= 11 is 0. The van der Waals surface area contributed by atoms with Gasteiger partial charge in [-0.1, -0.05) is 13.8 Å². The third kappa shape index (κ3) is 1.80. The fourth-order valence-electron chi connectivity index (χ4n) is 2.04. The molecule has 0 radical (unpaired) electrons. The van der Waals surface area contributed by atoms with Gasteiger partial charge in [-0.2, -0.15) is 0 Å². The molecule has 0 saturated heterocycles. The van der Waals surface area contributed by atoms with Gasteiger partial charge in [-0.05, 0) is 39.3 Å². The van der Waals surface area contributed by atoms with Crippen molar-refractivity contribution in [2.75, 3.05) is 14.1 Å². The smallest absolute Gasteiger partial charge is 0.0193 e. The zero-order chi connectivity index (χ0) is 9.35. The summed E-state index contributed by atoms with van der Waals surface area (Å²) in [7, 11) is 4.30. The Kier molecular flexibility index (Phi) is 2.79. The summed E-state index contributed by atoms with van der Waals surface area (Å²) in [5.74, 6) is 0.613. The summed E-state index contributed by atoms with van der Waals surface area (Å²) in [6, 6.07) is 0.706. The Morgan fingerprint density at radius 2 is 2.00 bits per heavy atom. The lowest BCUT2D eigenvalue weighted by atomic mass is 9.86. The second kappa shape index (κ2) is 3.35. The first-order valence-corrected chi connectivity index (χ1v) is 4.91. The van der Waals surface area contributed by atoms with Gasteiger partial charge in [0.2, 0.25) is 0 Å². The van der Waals surface area contributed by atoms with E-state index in [2.05, 4.69) is 32.8 Å². The van der Waals surface area contributed by atoms with Gasteiger partial charge in [0.05, 0.1) is 0 Å². The van der Waals surface area contributed by atoms with Crippen molar-refractivity contribution in [3.05, 3.63) is 0 Å². The maximum absolute atomic E-state index is 6.30. The van der Waals surface area contributed by atoms with Crippen molar-refractivity contribution in [1.29, 1.82) is 0 Å². The predicted octanol–water partition coefficient (Wildman–Crippen LogP) is 1.45. The first kappa shape index (κ1) is 10.0. The highest BCUT2D eigenvalue weighted by molar-refractivity contribution is 4.98. The molecule has 72 valence electrons. The molecule has 12 heavy (non-hydrogen) atoms. The molecule has 1 fully saturated rings. The second-order valence-electron chi connectivity index (χ2n) is 4.75. The molecule has 0 aromatic carbocycles. The molecule has 0 aliphatic heterocycles. The van der Waals surface area contributed by atoms with E-state index in [0.717, 1.165) is 6.42 Å². The lowest BCUT2D eigenvalue weighted by Gasteiger charge is -2.30. The molecule has 2 heteroatoms. The molecule has 0 bridgehead atoms. The van der Waals surface area contributed by atoms with Gasteiger partial charge in [-0.3, -0.25) is 0 Å². The van der Waals surface area contributed by atoms with Crippen molar-refractivity contribution in [3.8, 4) is 0 Å². The zero-order valence-corrected chi connectivity index (χ0v) is 8.80. The van der Waals surface area contributed by atoms with E-state index in [4.69, 9.17) is 5.73 Å². The topological polar surface area (TPSA) is 29.3 Å². The summed E-state index contributed by atoms with van der Waals surface area (Å²) in [4.78, 5) is 2.30. The minimum Gasteiger partial charge on any atom is -0.325 e. The highest BCUT2D eigenvalue weighted by atomic mass is 15.1. The fourth-order valence-corrected chi connectivity index (χ4v) is 2.04. The van der Waals surface area contributed by atoms with Crippen molar-refractivity contribution in [2.45, 2.75) is 44.7 Å². The van der Waals surface area contributed by atoms with E-state index in [9.17, 15) is 0 Å². The van der Waals surface area contributed by atoms with Gasteiger partial charge in [-0.15, -0.1) is 0 Å². The Labute approximate surface area is 76.1 Å². The van der Waals surface area contributed by atoms with Crippen LogP contribution in [0.25, 0.3) is 0 Å². The van der Waals surface area contributed by atoms with E-state index in [-0.39, 0.29) is 5.54 Å². The van der Waals surface area contributed by atoms with Gasteiger partial charge in [0.15, 0.2) is 0 Å².